The number of fused-ring (bicyclic) bond motifs is 8. The van der Waals surface area contributed by atoms with Crippen molar-refractivity contribution in [1.29, 1.82) is 0 Å². The second-order valence-corrected chi connectivity index (χ2v) is 15.6. The third kappa shape index (κ3) is 5.74. The Balaban J connectivity index is 1.05. The maximum absolute atomic E-state index is 6.58. The largest absolute Gasteiger partial charge is 0.455 e. The summed E-state index contributed by atoms with van der Waals surface area (Å²) in [4.78, 5) is 2.40. The maximum Gasteiger partial charge on any atom is 0.143 e. The molecule has 0 amide bonds. The SMILES string of the molecule is c1ccc(-c2ccc(N(c3ccc(-c4cccc5oc6c7ccccc7ccc6c45)cc3)c3ccccc3-c3cccc4c5ccccc5n(-c5ccccc5)c34)cc2)cc1. The molecule has 2 heterocycles. The predicted octanol–water partition coefficient (Wildman–Crippen LogP) is 16.3. The average Bonchev–Trinajstić information content (AvgIpc) is 3.90. The van der Waals surface area contributed by atoms with Gasteiger partial charge in [0.2, 0.25) is 0 Å². The minimum atomic E-state index is 0.893. The van der Waals surface area contributed by atoms with E-state index in [-0.39, 0.29) is 0 Å². The Morgan fingerprint density at radius 2 is 0.951 bits per heavy atom. The van der Waals surface area contributed by atoms with Gasteiger partial charge in [0, 0.05) is 55.1 Å². The standard InChI is InChI=1S/C58H38N2O/c1-3-15-39(16-4-1)40-29-34-44(35-30-40)59(45-36-31-42(32-37-45)46-23-14-28-55-56(46)52-38-33-41-17-7-8-20-47(41)58(52)61-55)53-26-11-9-21-48(53)50-24-13-25-51-49-22-10-12-27-54(49)60(57(50)51)43-18-5-2-6-19-43/h1-38H. The molecule has 286 valence electrons. The molecule has 3 heteroatoms. The van der Waals surface area contributed by atoms with Crippen LogP contribution >= 0.6 is 0 Å². The zero-order valence-electron chi connectivity index (χ0n) is 33.2. The lowest BCUT2D eigenvalue weighted by Gasteiger charge is -2.28. The highest BCUT2D eigenvalue weighted by molar-refractivity contribution is 6.19. The summed E-state index contributed by atoms with van der Waals surface area (Å²) in [5.74, 6) is 0. The minimum absolute atomic E-state index is 0.893. The molecule has 12 rings (SSSR count). The Hall–Kier alpha value is -8.14. The molecule has 0 aliphatic carbocycles. The van der Waals surface area contributed by atoms with Gasteiger partial charge < -0.3 is 13.9 Å². The van der Waals surface area contributed by atoms with Crippen LogP contribution in [0.4, 0.5) is 17.1 Å². The van der Waals surface area contributed by atoms with Crippen molar-refractivity contribution < 1.29 is 4.42 Å². The number of anilines is 3. The molecule has 61 heavy (non-hydrogen) atoms. The highest BCUT2D eigenvalue weighted by atomic mass is 16.3. The van der Waals surface area contributed by atoms with Crippen molar-refractivity contribution in [3.8, 4) is 39.1 Å². The van der Waals surface area contributed by atoms with Gasteiger partial charge in [0.25, 0.3) is 0 Å². The zero-order chi connectivity index (χ0) is 40.3. The first kappa shape index (κ1) is 34.9. The van der Waals surface area contributed by atoms with Crippen molar-refractivity contribution in [2.45, 2.75) is 0 Å². The topological polar surface area (TPSA) is 21.3 Å². The predicted molar refractivity (Wildman–Crippen MR) is 257 cm³/mol. The van der Waals surface area contributed by atoms with E-state index in [1.165, 1.54) is 43.9 Å². The summed E-state index contributed by atoms with van der Waals surface area (Å²) in [5, 5.41) is 7.03. The Morgan fingerprint density at radius 3 is 1.75 bits per heavy atom. The van der Waals surface area contributed by atoms with Crippen LogP contribution in [-0.2, 0) is 0 Å². The molecule has 0 aliphatic rings. The lowest BCUT2D eigenvalue weighted by molar-refractivity contribution is 0.673. The zero-order valence-corrected chi connectivity index (χ0v) is 33.2. The summed E-state index contributed by atoms with van der Waals surface area (Å²) < 4.78 is 9.00. The molecule has 0 saturated carbocycles. The minimum Gasteiger partial charge on any atom is -0.455 e. The lowest BCUT2D eigenvalue weighted by Crippen LogP contribution is -2.11. The third-order valence-corrected chi connectivity index (χ3v) is 12.2. The molecule has 10 aromatic carbocycles. The Bertz CT molecular complexity index is 3560. The molecule has 3 nitrogen and oxygen atoms in total. The summed E-state index contributed by atoms with van der Waals surface area (Å²) >= 11 is 0. The Morgan fingerprint density at radius 1 is 0.361 bits per heavy atom. The summed E-state index contributed by atoms with van der Waals surface area (Å²) in [6.45, 7) is 0. The fraction of sp³-hybridized carbons (Fsp3) is 0. The summed E-state index contributed by atoms with van der Waals surface area (Å²) in [5.41, 5.74) is 15.5. The van der Waals surface area contributed by atoms with Crippen molar-refractivity contribution in [2.24, 2.45) is 0 Å². The van der Waals surface area contributed by atoms with Gasteiger partial charge in [0.15, 0.2) is 0 Å². The molecule has 2 aromatic heterocycles. The van der Waals surface area contributed by atoms with Crippen LogP contribution in [0, 0.1) is 0 Å². The van der Waals surface area contributed by atoms with E-state index in [0.29, 0.717) is 0 Å². The molecule has 0 fully saturated rings. The fourth-order valence-corrected chi connectivity index (χ4v) is 9.42. The number of hydrogen-bond donors (Lipinski definition) is 0. The molecule has 0 aliphatic heterocycles. The third-order valence-electron chi connectivity index (χ3n) is 12.2. The van der Waals surface area contributed by atoms with E-state index in [1.54, 1.807) is 0 Å². The maximum atomic E-state index is 6.58. The van der Waals surface area contributed by atoms with Gasteiger partial charge in [-0.2, -0.15) is 0 Å². The summed E-state index contributed by atoms with van der Waals surface area (Å²) in [6, 6.07) is 82.9. The molecule has 0 unspecified atom stereocenters. The molecule has 0 spiro atoms. The van der Waals surface area contributed by atoms with Gasteiger partial charge in [-0.3, -0.25) is 0 Å². The highest BCUT2D eigenvalue weighted by Gasteiger charge is 2.22. The van der Waals surface area contributed by atoms with Gasteiger partial charge in [-0.1, -0.05) is 170 Å². The Kier molecular flexibility index (Phi) is 8.17. The van der Waals surface area contributed by atoms with Crippen LogP contribution in [0.3, 0.4) is 0 Å². The first-order valence-corrected chi connectivity index (χ1v) is 20.8. The number of para-hydroxylation sites is 4. The van der Waals surface area contributed by atoms with Crippen LogP contribution in [-0.4, -0.2) is 4.57 Å². The summed E-state index contributed by atoms with van der Waals surface area (Å²) in [6.07, 6.45) is 0. The number of furan rings is 1. The molecule has 0 atom stereocenters. The van der Waals surface area contributed by atoms with E-state index in [0.717, 1.165) is 66.8 Å². The van der Waals surface area contributed by atoms with Gasteiger partial charge in [0.05, 0.1) is 16.7 Å². The second kappa shape index (κ2) is 14.3. The average molecular weight is 779 g/mol. The van der Waals surface area contributed by atoms with Gasteiger partial charge in [-0.15, -0.1) is 0 Å². The lowest BCUT2D eigenvalue weighted by atomic mass is 9.97. The van der Waals surface area contributed by atoms with Crippen LogP contribution in [0.15, 0.2) is 235 Å². The van der Waals surface area contributed by atoms with Gasteiger partial charge in [-0.25, -0.2) is 0 Å². The van der Waals surface area contributed by atoms with E-state index in [2.05, 4.69) is 240 Å². The number of aromatic nitrogens is 1. The molecule has 0 N–H and O–H groups in total. The van der Waals surface area contributed by atoms with Gasteiger partial charge in [0.1, 0.15) is 11.2 Å². The van der Waals surface area contributed by atoms with Crippen LogP contribution in [0.1, 0.15) is 0 Å². The Labute approximate surface area is 353 Å². The molecule has 12 aromatic rings. The van der Waals surface area contributed by atoms with E-state index in [9.17, 15) is 0 Å². The van der Waals surface area contributed by atoms with Crippen LogP contribution < -0.4 is 4.90 Å². The number of benzene rings is 10. The van der Waals surface area contributed by atoms with Crippen LogP contribution in [0.2, 0.25) is 0 Å². The van der Waals surface area contributed by atoms with Crippen molar-refractivity contribution in [3.63, 3.8) is 0 Å². The van der Waals surface area contributed by atoms with E-state index in [1.807, 2.05) is 0 Å². The van der Waals surface area contributed by atoms with Gasteiger partial charge in [-0.05, 0) is 88.3 Å². The quantitative estimate of drug-likeness (QED) is 0.161. The van der Waals surface area contributed by atoms with Crippen molar-refractivity contribution in [3.05, 3.63) is 231 Å². The fourth-order valence-electron chi connectivity index (χ4n) is 9.42. The first-order chi connectivity index (χ1) is 30.3. The molecular weight excluding hydrogens is 741 g/mol. The molecule has 0 radical (unpaired) electrons. The normalized spacial score (nSPS) is 11.6. The van der Waals surface area contributed by atoms with Crippen molar-refractivity contribution >= 4 is 71.6 Å². The number of hydrogen-bond acceptors (Lipinski definition) is 2. The molecular formula is C58H38N2O. The summed E-state index contributed by atoms with van der Waals surface area (Å²) in [7, 11) is 0. The second-order valence-electron chi connectivity index (χ2n) is 15.6. The van der Waals surface area contributed by atoms with Crippen molar-refractivity contribution in [2.75, 3.05) is 4.90 Å². The first-order valence-electron chi connectivity index (χ1n) is 20.8. The molecule has 0 saturated heterocycles. The van der Waals surface area contributed by atoms with Crippen molar-refractivity contribution in [1.82, 2.24) is 4.57 Å². The van der Waals surface area contributed by atoms with Crippen LogP contribution in [0.5, 0.6) is 0 Å². The van der Waals surface area contributed by atoms with E-state index < -0.39 is 0 Å². The van der Waals surface area contributed by atoms with E-state index in [4.69, 9.17) is 4.42 Å². The van der Waals surface area contributed by atoms with E-state index >= 15 is 0 Å². The van der Waals surface area contributed by atoms with Crippen LogP contribution in [0.25, 0.3) is 93.6 Å². The number of rotatable bonds is 7. The smallest absolute Gasteiger partial charge is 0.143 e. The number of nitrogens with zero attached hydrogens (tertiary/aromatic N) is 2. The molecule has 0 bridgehead atoms. The van der Waals surface area contributed by atoms with Gasteiger partial charge >= 0.3 is 0 Å². The highest BCUT2D eigenvalue weighted by Crippen LogP contribution is 2.46. The monoisotopic (exact) mass is 778 g/mol.